The van der Waals surface area contributed by atoms with Crippen LogP contribution in [0.4, 0.5) is 0 Å². The molecule has 0 aromatic heterocycles. The summed E-state index contributed by atoms with van der Waals surface area (Å²) in [5, 5.41) is 0. The molecule has 0 saturated carbocycles. The fraction of sp³-hybridized carbons (Fsp3) is 0.235. The molecule has 0 fully saturated rings. The summed E-state index contributed by atoms with van der Waals surface area (Å²) >= 11 is 0. The highest BCUT2D eigenvalue weighted by Crippen LogP contribution is 2.26. The molecule has 1 aromatic rings. The molecule has 1 atom stereocenters. The summed E-state index contributed by atoms with van der Waals surface area (Å²) in [4.78, 5) is 12.5. The van der Waals surface area contributed by atoms with E-state index in [9.17, 15) is 4.79 Å². The van der Waals surface area contributed by atoms with E-state index in [1.807, 2.05) is 42.5 Å². The third-order valence-corrected chi connectivity index (χ3v) is 3.21. The molecule has 0 amide bonds. The summed E-state index contributed by atoms with van der Waals surface area (Å²) < 4.78 is 10.8. The molecule has 3 nitrogen and oxygen atoms in total. The topological polar surface area (TPSA) is 35.5 Å². The predicted octanol–water partition coefficient (Wildman–Crippen LogP) is 3.51. The first kappa shape index (κ1) is 14.1. The van der Waals surface area contributed by atoms with Crippen LogP contribution in [0.15, 0.2) is 66.2 Å². The van der Waals surface area contributed by atoms with Gasteiger partial charge in [0.15, 0.2) is 0 Å². The van der Waals surface area contributed by atoms with Gasteiger partial charge in [-0.15, -0.1) is 0 Å². The fourth-order valence-corrected chi connectivity index (χ4v) is 2.21. The Balaban J connectivity index is 2.37. The number of benzene rings is 1. The molecular formula is C17H18O3. The Bertz CT molecular complexity index is 553. The highest BCUT2D eigenvalue weighted by Gasteiger charge is 2.24. The second-order valence-electron chi connectivity index (χ2n) is 4.45. The maximum Gasteiger partial charge on any atom is 0.231 e. The second kappa shape index (κ2) is 6.75. The Morgan fingerprint density at radius 1 is 1.10 bits per heavy atom. The summed E-state index contributed by atoms with van der Waals surface area (Å²) in [6, 6.07) is 9.07. The number of ether oxygens (including phenoxy) is 2. The van der Waals surface area contributed by atoms with Gasteiger partial charge >= 0.3 is 0 Å². The number of methoxy groups -OCH3 is 2. The van der Waals surface area contributed by atoms with Gasteiger partial charge in [-0.25, -0.2) is 0 Å². The fourth-order valence-electron chi connectivity index (χ4n) is 2.21. The van der Waals surface area contributed by atoms with Crippen molar-refractivity contribution in [1.29, 1.82) is 0 Å². The quantitative estimate of drug-likeness (QED) is 0.466. The summed E-state index contributed by atoms with van der Waals surface area (Å²) in [5.41, 5.74) is 0.592. The van der Waals surface area contributed by atoms with Crippen molar-refractivity contribution in [3.63, 3.8) is 0 Å². The molecule has 0 radical (unpaired) electrons. The molecule has 3 heteroatoms. The molecule has 0 spiro atoms. The van der Waals surface area contributed by atoms with Crippen LogP contribution in [0.2, 0.25) is 0 Å². The average Bonchev–Trinajstić information content (AvgIpc) is 2.53. The second-order valence-corrected chi connectivity index (χ2v) is 4.45. The Kier molecular flexibility index (Phi) is 4.77. The Morgan fingerprint density at radius 2 is 1.85 bits per heavy atom. The molecule has 104 valence electrons. The maximum atomic E-state index is 12.5. The SMILES string of the molecule is COC(C(=O)c1ccccc1)=C(OC)C1C=CC=CC1. The minimum Gasteiger partial charge on any atom is -0.496 e. The van der Waals surface area contributed by atoms with Crippen LogP contribution in [0, 0.1) is 5.92 Å². The van der Waals surface area contributed by atoms with Gasteiger partial charge in [0, 0.05) is 11.5 Å². The van der Waals surface area contributed by atoms with E-state index in [1.54, 1.807) is 19.2 Å². The molecule has 0 bridgehead atoms. The third-order valence-electron chi connectivity index (χ3n) is 3.21. The van der Waals surface area contributed by atoms with Crippen molar-refractivity contribution >= 4 is 5.78 Å². The molecule has 0 N–H and O–H groups in total. The third kappa shape index (κ3) is 2.99. The lowest BCUT2D eigenvalue weighted by Gasteiger charge is -2.19. The molecule has 20 heavy (non-hydrogen) atoms. The summed E-state index contributed by atoms with van der Waals surface area (Å²) in [7, 11) is 3.07. The largest absolute Gasteiger partial charge is 0.496 e. The Morgan fingerprint density at radius 3 is 2.40 bits per heavy atom. The van der Waals surface area contributed by atoms with Gasteiger partial charge in [0.1, 0.15) is 5.76 Å². The van der Waals surface area contributed by atoms with Crippen LogP contribution in [0.5, 0.6) is 0 Å². The van der Waals surface area contributed by atoms with Crippen molar-refractivity contribution in [2.75, 3.05) is 14.2 Å². The van der Waals surface area contributed by atoms with E-state index in [0.29, 0.717) is 11.3 Å². The van der Waals surface area contributed by atoms with Crippen LogP contribution >= 0.6 is 0 Å². The molecule has 1 aliphatic rings. The number of carbonyl (C=O) groups excluding carboxylic acids is 1. The molecule has 1 aliphatic carbocycles. The Labute approximate surface area is 119 Å². The summed E-state index contributed by atoms with van der Waals surface area (Å²) in [6.07, 6.45) is 8.79. The summed E-state index contributed by atoms with van der Waals surface area (Å²) in [5.74, 6) is 0.714. The first-order chi connectivity index (χ1) is 9.77. The molecule has 0 saturated heterocycles. The van der Waals surface area contributed by atoms with Gasteiger partial charge in [-0.3, -0.25) is 4.79 Å². The number of carbonyl (C=O) groups is 1. The lowest BCUT2D eigenvalue weighted by Crippen LogP contribution is -2.15. The molecule has 1 unspecified atom stereocenters. The lowest BCUT2D eigenvalue weighted by molar-refractivity contribution is 0.0918. The lowest BCUT2D eigenvalue weighted by atomic mass is 9.96. The van der Waals surface area contributed by atoms with Crippen LogP contribution < -0.4 is 0 Å². The Hall–Kier alpha value is -2.29. The van der Waals surface area contributed by atoms with Crippen molar-refractivity contribution < 1.29 is 14.3 Å². The first-order valence-corrected chi connectivity index (χ1v) is 6.53. The number of hydrogen-bond acceptors (Lipinski definition) is 3. The van der Waals surface area contributed by atoms with Crippen LogP contribution in [-0.4, -0.2) is 20.0 Å². The van der Waals surface area contributed by atoms with Crippen molar-refractivity contribution in [3.8, 4) is 0 Å². The zero-order valence-electron chi connectivity index (χ0n) is 11.7. The van der Waals surface area contributed by atoms with E-state index < -0.39 is 0 Å². The minimum atomic E-state index is -0.159. The van der Waals surface area contributed by atoms with E-state index >= 15 is 0 Å². The number of rotatable bonds is 5. The molecule has 2 rings (SSSR count). The van der Waals surface area contributed by atoms with Gasteiger partial charge < -0.3 is 9.47 Å². The van der Waals surface area contributed by atoms with Crippen LogP contribution in [0.25, 0.3) is 0 Å². The van der Waals surface area contributed by atoms with Crippen molar-refractivity contribution in [2.24, 2.45) is 5.92 Å². The summed E-state index contributed by atoms with van der Waals surface area (Å²) in [6.45, 7) is 0. The van der Waals surface area contributed by atoms with E-state index in [4.69, 9.17) is 9.47 Å². The van der Waals surface area contributed by atoms with Crippen molar-refractivity contribution in [1.82, 2.24) is 0 Å². The molecule has 0 heterocycles. The number of allylic oxidation sites excluding steroid dienone is 5. The van der Waals surface area contributed by atoms with E-state index in [2.05, 4.69) is 0 Å². The monoisotopic (exact) mass is 270 g/mol. The van der Waals surface area contributed by atoms with Crippen LogP contribution in [0.1, 0.15) is 16.8 Å². The number of Topliss-reactive ketones (excluding diaryl/α,β-unsaturated/α-hetero) is 1. The normalized spacial score (nSPS) is 18.4. The smallest absolute Gasteiger partial charge is 0.231 e. The zero-order valence-corrected chi connectivity index (χ0v) is 11.7. The van der Waals surface area contributed by atoms with Gasteiger partial charge in [-0.1, -0.05) is 54.6 Å². The van der Waals surface area contributed by atoms with E-state index in [1.165, 1.54) is 7.11 Å². The van der Waals surface area contributed by atoms with Crippen LogP contribution in [0.3, 0.4) is 0 Å². The predicted molar refractivity (Wildman–Crippen MR) is 78.2 cm³/mol. The highest BCUT2D eigenvalue weighted by atomic mass is 16.5. The molecule has 1 aromatic carbocycles. The van der Waals surface area contributed by atoms with Gasteiger partial charge in [-0.05, 0) is 6.42 Å². The average molecular weight is 270 g/mol. The maximum absolute atomic E-state index is 12.5. The molecular weight excluding hydrogens is 252 g/mol. The van der Waals surface area contributed by atoms with Gasteiger partial charge in [-0.2, -0.15) is 0 Å². The van der Waals surface area contributed by atoms with Gasteiger partial charge in [0.05, 0.1) is 14.2 Å². The van der Waals surface area contributed by atoms with Gasteiger partial charge in [0.2, 0.25) is 11.5 Å². The standard InChI is InChI=1S/C17H18O3/c1-19-16(14-11-7-4-8-12-14)17(20-2)15(18)13-9-5-3-6-10-13/h3-11,14H,12H2,1-2H3. The highest BCUT2D eigenvalue weighted by molar-refractivity contribution is 6.07. The van der Waals surface area contributed by atoms with E-state index in [-0.39, 0.29) is 17.5 Å². The number of hydrogen-bond donors (Lipinski definition) is 0. The van der Waals surface area contributed by atoms with Crippen molar-refractivity contribution in [2.45, 2.75) is 6.42 Å². The zero-order chi connectivity index (χ0) is 14.4. The minimum absolute atomic E-state index is 0.0348. The van der Waals surface area contributed by atoms with Crippen molar-refractivity contribution in [3.05, 3.63) is 71.7 Å². The number of ketones is 1. The first-order valence-electron chi connectivity index (χ1n) is 6.53. The van der Waals surface area contributed by atoms with Gasteiger partial charge in [0.25, 0.3) is 0 Å². The van der Waals surface area contributed by atoms with Crippen LogP contribution in [-0.2, 0) is 9.47 Å². The molecule has 0 aliphatic heterocycles. The van der Waals surface area contributed by atoms with E-state index in [0.717, 1.165) is 6.42 Å².